The fraction of sp³-hybridized carbons (Fsp3) is 0.0476. The number of rotatable bonds is 6. The number of carbonyl (C=O) groups excluding carboxylic acids is 1. The van der Waals surface area contributed by atoms with E-state index in [-0.39, 0.29) is 16.5 Å². The molecule has 1 amide bonds. The van der Waals surface area contributed by atoms with E-state index in [1.54, 1.807) is 48.0 Å². The van der Waals surface area contributed by atoms with E-state index in [9.17, 15) is 13.2 Å². The van der Waals surface area contributed by atoms with Gasteiger partial charge in [0.2, 0.25) is 5.91 Å². The molecule has 8 heteroatoms. The molecule has 0 unspecified atom stereocenters. The molecule has 0 spiro atoms. The summed E-state index contributed by atoms with van der Waals surface area (Å²) in [5, 5.41) is 5.54. The minimum Gasteiger partial charge on any atom is -0.326 e. The van der Waals surface area contributed by atoms with Gasteiger partial charge in [0.25, 0.3) is 10.0 Å². The molecule has 0 saturated carbocycles. The Balaban J connectivity index is 1.39. The summed E-state index contributed by atoms with van der Waals surface area (Å²) < 4.78 is 27.3. The van der Waals surface area contributed by atoms with Crippen molar-refractivity contribution in [1.82, 2.24) is 4.98 Å². The summed E-state index contributed by atoms with van der Waals surface area (Å²) in [7, 11) is -3.58. The van der Waals surface area contributed by atoms with Crippen molar-refractivity contribution in [3.8, 4) is 0 Å². The Hall–Kier alpha value is -3.23. The van der Waals surface area contributed by atoms with Gasteiger partial charge in [0.15, 0.2) is 0 Å². The van der Waals surface area contributed by atoms with Crippen molar-refractivity contribution in [1.29, 1.82) is 0 Å². The van der Waals surface area contributed by atoms with Crippen molar-refractivity contribution in [2.24, 2.45) is 0 Å². The summed E-state index contributed by atoms with van der Waals surface area (Å²) in [6.07, 6.45) is 1.91. The highest BCUT2D eigenvalue weighted by Crippen LogP contribution is 2.21. The summed E-state index contributed by atoms with van der Waals surface area (Å²) in [5.41, 5.74) is 2.80. The van der Waals surface area contributed by atoms with Crippen molar-refractivity contribution in [2.75, 3.05) is 10.0 Å². The van der Waals surface area contributed by atoms with Gasteiger partial charge in [-0.25, -0.2) is 8.42 Å². The maximum Gasteiger partial charge on any atom is 0.271 e. The predicted molar refractivity (Wildman–Crippen MR) is 116 cm³/mol. The Morgan fingerprint density at radius 1 is 0.966 bits per heavy atom. The molecule has 2 aromatic heterocycles. The minimum absolute atomic E-state index is 0.153. The number of nitrogens with one attached hydrogen (secondary N) is 2. The number of hydrogen-bond donors (Lipinski definition) is 2. The topological polar surface area (TPSA) is 88.2 Å². The van der Waals surface area contributed by atoms with Crippen LogP contribution < -0.4 is 10.0 Å². The van der Waals surface area contributed by atoms with Gasteiger partial charge in [-0.3, -0.25) is 14.5 Å². The minimum atomic E-state index is -3.58. The summed E-state index contributed by atoms with van der Waals surface area (Å²) in [4.78, 5) is 16.6. The van der Waals surface area contributed by atoms with Crippen molar-refractivity contribution in [3.05, 3.63) is 83.9 Å². The van der Waals surface area contributed by atoms with Crippen molar-refractivity contribution in [3.63, 3.8) is 0 Å². The number of aromatic nitrogens is 1. The Morgan fingerprint density at radius 3 is 2.52 bits per heavy atom. The van der Waals surface area contributed by atoms with Crippen LogP contribution in [0, 0.1) is 0 Å². The van der Waals surface area contributed by atoms with E-state index in [2.05, 4.69) is 15.0 Å². The van der Waals surface area contributed by atoms with Gasteiger partial charge in [-0.2, -0.15) is 0 Å². The molecular weight excluding hydrogens is 406 g/mol. The normalized spacial score (nSPS) is 11.3. The van der Waals surface area contributed by atoms with Crippen LogP contribution in [0.2, 0.25) is 0 Å². The van der Waals surface area contributed by atoms with Gasteiger partial charge in [-0.15, -0.1) is 11.3 Å². The lowest BCUT2D eigenvalue weighted by Crippen LogP contribution is -2.14. The van der Waals surface area contributed by atoms with Gasteiger partial charge < -0.3 is 5.32 Å². The molecule has 0 atom stereocenters. The highest BCUT2D eigenvalue weighted by Gasteiger charge is 2.15. The summed E-state index contributed by atoms with van der Waals surface area (Å²) in [6.45, 7) is 0. The predicted octanol–water partition coefficient (Wildman–Crippen LogP) is 4.28. The summed E-state index contributed by atoms with van der Waals surface area (Å²) >= 11 is 1.15. The number of anilines is 2. The third kappa shape index (κ3) is 4.61. The molecule has 2 heterocycles. The quantitative estimate of drug-likeness (QED) is 0.485. The zero-order chi connectivity index (χ0) is 20.3. The average molecular weight is 424 g/mol. The van der Waals surface area contributed by atoms with Crippen LogP contribution in [-0.4, -0.2) is 19.3 Å². The molecule has 0 radical (unpaired) electrons. The molecule has 0 aliphatic heterocycles. The maximum atomic E-state index is 12.4. The Morgan fingerprint density at radius 2 is 1.76 bits per heavy atom. The van der Waals surface area contributed by atoms with Crippen LogP contribution in [0.4, 0.5) is 11.4 Å². The second kappa shape index (κ2) is 8.02. The first kappa shape index (κ1) is 19.1. The summed E-state index contributed by atoms with van der Waals surface area (Å²) in [6, 6.07) is 19.3. The van der Waals surface area contributed by atoms with Gasteiger partial charge in [-0.05, 0) is 53.4 Å². The molecule has 29 heavy (non-hydrogen) atoms. The van der Waals surface area contributed by atoms with Crippen LogP contribution in [0.1, 0.15) is 5.56 Å². The zero-order valence-electron chi connectivity index (χ0n) is 15.2. The largest absolute Gasteiger partial charge is 0.326 e. The fourth-order valence-corrected chi connectivity index (χ4v) is 4.91. The number of hydrogen-bond acceptors (Lipinski definition) is 5. The van der Waals surface area contributed by atoms with E-state index in [0.29, 0.717) is 11.4 Å². The number of carbonyl (C=O) groups is 1. The lowest BCUT2D eigenvalue weighted by atomic mass is 10.1. The third-order valence-corrected chi connectivity index (χ3v) is 7.00. The molecule has 0 bridgehead atoms. The monoisotopic (exact) mass is 423 g/mol. The molecule has 2 aromatic carbocycles. The molecule has 0 saturated heterocycles. The smallest absolute Gasteiger partial charge is 0.271 e. The van der Waals surface area contributed by atoms with E-state index in [1.807, 2.05) is 30.3 Å². The molecule has 0 aliphatic carbocycles. The summed E-state index contributed by atoms with van der Waals surface area (Å²) in [5.74, 6) is -0.153. The van der Waals surface area contributed by atoms with Gasteiger partial charge in [0, 0.05) is 23.0 Å². The van der Waals surface area contributed by atoms with Crippen molar-refractivity contribution < 1.29 is 13.2 Å². The highest BCUT2D eigenvalue weighted by molar-refractivity contribution is 7.94. The lowest BCUT2D eigenvalue weighted by Gasteiger charge is -2.09. The number of thiophene rings is 1. The second-order valence-corrected chi connectivity index (χ2v) is 9.23. The SMILES string of the molecule is O=C(Cc1ccc(NS(=O)(=O)c2cccs2)cc1)Nc1ccc2ncccc2c1. The van der Waals surface area contributed by atoms with E-state index in [0.717, 1.165) is 27.8 Å². The molecule has 2 N–H and O–H groups in total. The third-order valence-electron chi connectivity index (χ3n) is 4.22. The van der Waals surface area contributed by atoms with Gasteiger partial charge in [0.1, 0.15) is 4.21 Å². The first-order valence-electron chi connectivity index (χ1n) is 8.79. The van der Waals surface area contributed by atoms with Crippen LogP contribution in [0.3, 0.4) is 0 Å². The molecule has 4 rings (SSSR count). The van der Waals surface area contributed by atoms with Gasteiger partial charge >= 0.3 is 0 Å². The Labute approximate surface area is 172 Å². The van der Waals surface area contributed by atoms with E-state index >= 15 is 0 Å². The fourth-order valence-electron chi connectivity index (χ4n) is 2.86. The number of sulfonamides is 1. The van der Waals surface area contributed by atoms with Gasteiger partial charge in [0.05, 0.1) is 11.9 Å². The number of amides is 1. The molecule has 0 fully saturated rings. The van der Waals surface area contributed by atoms with E-state index < -0.39 is 10.0 Å². The average Bonchev–Trinajstić information content (AvgIpc) is 3.25. The standard InChI is InChI=1S/C21H17N3O3S2/c25-20(23-18-9-10-19-16(14-18)3-1-11-22-19)13-15-5-7-17(8-6-15)24-29(26,27)21-4-2-12-28-21/h1-12,14,24H,13H2,(H,23,25). The second-order valence-electron chi connectivity index (χ2n) is 6.37. The zero-order valence-corrected chi connectivity index (χ0v) is 16.8. The molecule has 6 nitrogen and oxygen atoms in total. The van der Waals surface area contributed by atoms with Crippen molar-refractivity contribution >= 4 is 49.5 Å². The number of nitrogens with zero attached hydrogens (tertiary/aromatic N) is 1. The lowest BCUT2D eigenvalue weighted by molar-refractivity contribution is -0.115. The van der Waals surface area contributed by atoms with Crippen LogP contribution in [0.5, 0.6) is 0 Å². The van der Waals surface area contributed by atoms with Crippen molar-refractivity contribution in [2.45, 2.75) is 10.6 Å². The van der Waals surface area contributed by atoms with E-state index in [4.69, 9.17) is 0 Å². The molecule has 4 aromatic rings. The molecular formula is C21H17N3O3S2. The van der Waals surface area contributed by atoms with E-state index in [1.165, 1.54) is 0 Å². The number of pyridine rings is 1. The molecule has 146 valence electrons. The molecule has 0 aliphatic rings. The first-order chi connectivity index (χ1) is 14.0. The Bertz CT molecular complexity index is 1250. The van der Waals surface area contributed by atoms with Gasteiger partial charge in [-0.1, -0.05) is 24.3 Å². The number of fused-ring (bicyclic) bond motifs is 1. The van der Waals surface area contributed by atoms with Crippen LogP contribution in [0.15, 0.2) is 82.5 Å². The van der Waals surface area contributed by atoms with Crippen LogP contribution >= 0.6 is 11.3 Å². The number of benzene rings is 2. The highest BCUT2D eigenvalue weighted by atomic mass is 32.2. The maximum absolute atomic E-state index is 12.4. The van der Waals surface area contributed by atoms with Crippen LogP contribution in [0.25, 0.3) is 10.9 Å². The Kier molecular flexibility index (Phi) is 5.28. The van der Waals surface area contributed by atoms with Crippen LogP contribution in [-0.2, 0) is 21.2 Å². The first-order valence-corrected chi connectivity index (χ1v) is 11.2.